The average molecular weight is 292 g/mol. The van der Waals surface area contributed by atoms with Crippen LogP contribution < -0.4 is 0 Å². The molecule has 1 aromatic carbocycles. The number of carbonyl (C=O) groups excluding carboxylic acids is 2. The average Bonchev–Trinajstić information content (AvgIpc) is 2.43. The Hall–Kier alpha value is -2.20. The molecule has 0 radical (unpaired) electrons. The van der Waals surface area contributed by atoms with E-state index in [9.17, 15) is 18.0 Å². The van der Waals surface area contributed by atoms with Crippen molar-refractivity contribution in [1.29, 1.82) is 5.26 Å². The first-order valence-electron chi connectivity index (χ1n) is 5.82. The van der Waals surface area contributed by atoms with Crippen LogP contribution in [-0.2, 0) is 14.8 Å². The molecule has 2 rings (SSSR count). The highest BCUT2D eigenvalue weighted by Crippen LogP contribution is 2.34. The van der Waals surface area contributed by atoms with E-state index < -0.39 is 33.0 Å². The van der Waals surface area contributed by atoms with Crippen LogP contribution in [0.2, 0.25) is 0 Å². The third-order valence-electron chi connectivity index (χ3n) is 3.30. The number of Topliss-reactive ketones (excluding diaryl/α,β-unsaturated/α-hetero) is 1. The van der Waals surface area contributed by atoms with Crippen molar-refractivity contribution in [3.05, 3.63) is 35.4 Å². The van der Waals surface area contributed by atoms with Crippen LogP contribution in [0.3, 0.4) is 0 Å². The molecule has 7 heteroatoms. The van der Waals surface area contributed by atoms with E-state index in [1.165, 1.54) is 38.1 Å². The molecular formula is C13H12N2O4S. The minimum Gasteiger partial charge on any atom is -0.292 e. The first-order chi connectivity index (χ1) is 9.21. The first kappa shape index (κ1) is 14.2. The van der Waals surface area contributed by atoms with Crippen LogP contribution in [0.5, 0.6) is 0 Å². The molecular weight excluding hydrogens is 280 g/mol. The number of hydrogen-bond acceptors (Lipinski definition) is 5. The van der Waals surface area contributed by atoms with Crippen molar-refractivity contribution in [2.75, 3.05) is 6.54 Å². The standard InChI is InChI=1S/C13H12N2O4S/c1-13(2)12(17)15(20(13,18)19)8-11(16)10-5-3-9(7-14)4-6-10/h3-6H,8H2,1-2H3. The number of sulfonamides is 1. The van der Waals surface area contributed by atoms with Crippen LogP contribution in [0.25, 0.3) is 0 Å². The summed E-state index contributed by atoms with van der Waals surface area (Å²) < 4.78 is 22.8. The highest BCUT2D eigenvalue weighted by atomic mass is 32.2. The highest BCUT2D eigenvalue weighted by Gasteiger charge is 2.60. The maximum absolute atomic E-state index is 12.0. The van der Waals surface area contributed by atoms with Crippen molar-refractivity contribution in [3.63, 3.8) is 0 Å². The second kappa shape index (κ2) is 4.42. The van der Waals surface area contributed by atoms with Crippen molar-refractivity contribution < 1.29 is 18.0 Å². The zero-order chi connectivity index (χ0) is 15.1. The Kier molecular flexibility index (Phi) is 3.14. The fourth-order valence-corrected chi connectivity index (χ4v) is 3.35. The number of ketones is 1. The summed E-state index contributed by atoms with van der Waals surface area (Å²) in [6.07, 6.45) is 0. The maximum atomic E-state index is 12.0. The van der Waals surface area contributed by atoms with Gasteiger partial charge in [-0.3, -0.25) is 9.59 Å². The van der Waals surface area contributed by atoms with Crippen molar-refractivity contribution in [2.45, 2.75) is 18.6 Å². The molecule has 1 aliphatic heterocycles. The molecule has 0 saturated carbocycles. The topological polar surface area (TPSA) is 95.3 Å². The van der Waals surface area contributed by atoms with Crippen molar-refractivity contribution in [1.82, 2.24) is 4.31 Å². The molecule has 1 saturated heterocycles. The number of amides is 1. The second-order valence-corrected chi connectivity index (χ2v) is 7.35. The molecule has 104 valence electrons. The van der Waals surface area contributed by atoms with Crippen LogP contribution in [0.1, 0.15) is 29.8 Å². The lowest BCUT2D eigenvalue weighted by Gasteiger charge is -2.42. The third kappa shape index (κ3) is 1.89. The van der Waals surface area contributed by atoms with Crippen LogP contribution in [-0.4, -0.2) is 35.7 Å². The summed E-state index contributed by atoms with van der Waals surface area (Å²) in [5, 5.41) is 8.65. The molecule has 0 atom stereocenters. The fraction of sp³-hybridized carbons (Fsp3) is 0.308. The van der Waals surface area contributed by atoms with Gasteiger partial charge in [-0.05, 0) is 26.0 Å². The molecule has 0 unspecified atom stereocenters. The fourth-order valence-electron chi connectivity index (χ4n) is 1.87. The Morgan fingerprint density at radius 2 is 1.85 bits per heavy atom. The van der Waals surface area contributed by atoms with Crippen LogP contribution in [0, 0.1) is 11.3 Å². The predicted octanol–water partition coefficient (Wildman–Crippen LogP) is 0.692. The van der Waals surface area contributed by atoms with Gasteiger partial charge >= 0.3 is 0 Å². The third-order valence-corrected chi connectivity index (χ3v) is 5.64. The number of nitrogens with zero attached hydrogens (tertiary/aromatic N) is 2. The number of rotatable bonds is 3. The smallest absolute Gasteiger partial charge is 0.259 e. The van der Waals surface area contributed by atoms with Gasteiger partial charge in [-0.2, -0.15) is 5.26 Å². The SMILES string of the molecule is CC1(C)C(=O)N(CC(=O)c2ccc(C#N)cc2)S1(=O)=O. The number of carbonyl (C=O) groups is 2. The van der Waals surface area contributed by atoms with Crippen LogP contribution >= 0.6 is 0 Å². The Morgan fingerprint density at radius 1 is 1.30 bits per heavy atom. The van der Waals surface area contributed by atoms with E-state index in [1.54, 1.807) is 0 Å². The van der Waals surface area contributed by atoms with Gasteiger partial charge in [-0.15, -0.1) is 0 Å². The monoisotopic (exact) mass is 292 g/mol. The van der Waals surface area contributed by atoms with E-state index in [2.05, 4.69) is 0 Å². The van der Waals surface area contributed by atoms with Gasteiger partial charge in [0.25, 0.3) is 15.9 Å². The number of nitriles is 1. The Labute approximate surface area is 116 Å². The lowest BCUT2D eigenvalue weighted by molar-refractivity contribution is -0.131. The molecule has 0 aromatic heterocycles. The Morgan fingerprint density at radius 3 is 2.30 bits per heavy atom. The van der Waals surface area contributed by atoms with E-state index in [1.807, 2.05) is 6.07 Å². The summed E-state index contributed by atoms with van der Waals surface area (Å²) in [6.45, 7) is 2.12. The van der Waals surface area contributed by atoms with Crippen molar-refractivity contribution in [2.24, 2.45) is 0 Å². The Balaban J connectivity index is 2.18. The molecule has 6 nitrogen and oxygen atoms in total. The van der Waals surface area contributed by atoms with E-state index in [0.717, 1.165) is 0 Å². The van der Waals surface area contributed by atoms with Gasteiger partial charge < -0.3 is 0 Å². The Bertz CT molecular complexity index is 727. The minimum absolute atomic E-state index is 0.261. The lowest BCUT2D eigenvalue weighted by Crippen LogP contribution is -2.68. The summed E-state index contributed by atoms with van der Waals surface area (Å²) in [5.41, 5.74) is 0.659. The molecule has 1 fully saturated rings. The quantitative estimate of drug-likeness (QED) is 0.764. The molecule has 1 heterocycles. The summed E-state index contributed by atoms with van der Waals surface area (Å²) in [4.78, 5) is 23.7. The molecule has 0 aliphatic carbocycles. The zero-order valence-corrected chi connectivity index (χ0v) is 11.8. The van der Waals surface area contributed by atoms with Gasteiger partial charge in [-0.1, -0.05) is 12.1 Å². The largest absolute Gasteiger partial charge is 0.292 e. The van der Waals surface area contributed by atoms with Gasteiger partial charge in [0.1, 0.15) is 6.54 Å². The van der Waals surface area contributed by atoms with E-state index in [-0.39, 0.29) is 5.56 Å². The van der Waals surface area contributed by atoms with Crippen molar-refractivity contribution in [3.8, 4) is 6.07 Å². The van der Waals surface area contributed by atoms with Gasteiger partial charge in [0.05, 0.1) is 11.6 Å². The normalized spacial score (nSPS) is 19.1. The van der Waals surface area contributed by atoms with Crippen molar-refractivity contribution >= 4 is 21.7 Å². The minimum atomic E-state index is -3.75. The molecule has 1 aromatic rings. The van der Waals surface area contributed by atoms with Gasteiger partial charge in [0.15, 0.2) is 10.5 Å². The van der Waals surface area contributed by atoms with E-state index >= 15 is 0 Å². The van der Waals surface area contributed by atoms with Gasteiger partial charge in [0, 0.05) is 5.56 Å². The second-order valence-electron chi connectivity index (χ2n) is 4.94. The van der Waals surface area contributed by atoms with Crippen LogP contribution in [0.4, 0.5) is 0 Å². The van der Waals surface area contributed by atoms with E-state index in [0.29, 0.717) is 9.87 Å². The molecule has 1 aliphatic rings. The molecule has 0 bridgehead atoms. The number of benzene rings is 1. The van der Waals surface area contributed by atoms with Gasteiger partial charge in [0.2, 0.25) is 0 Å². The van der Waals surface area contributed by atoms with E-state index in [4.69, 9.17) is 5.26 Å². The summed E-state index contributed by atoms with van der Waals surface area (Å²) in [6, 6.07) is 7.71. The predicted molar refractivity (Wildman–Crippen MR) is 70.2 cm³/mol. The summed E-state index contributed by atoms with van der Waals surface area (Å²) in [7, 11) is -3.75. The van der Waals surface area contributed by atoms with Gasteiger partial charge in [-0.25, -0.2) is 12.7 Å². The molecule has 0 spiro atoms. The number of hydrogen-bond donors (Lipinski definition) is 0. The maximum Gasteiger partial charge on any atom is 0.259 e. The first-order valence-corrected chi connectivity index (χ1v) is 7.26. The summed E-state index contributed by atoms with van der Waals surface area (Å²) >= 11 is 0. The molecule has 1 amide bonds. The molecule has 20 heavy (non-hydrogen) atoms. The van der Waals surface area contributed by atoms with Crippen LogP contribution in [0.15, 0.2) is 24.3 Å². The summed E-state index contributed by atoms with van der Waals surface area (Å²) in [5.74, 6) is -1.07. The highest BCUT2D eigenvalue weighted by molar-refractivity contribution is 7.94. The lowest BCUT2D eigenvalue weighted by atomic mass is 10.1. The zero-order valence-electron chi connectivity index (χ0n) is 11.0. The molecule has 0 N–H and O–H groups in total.